The molecular weight excluding hydrogens is 740 g/mol. The summed E-state index contributed by atoms with van der Waals surface area (Å²) in [5.41, 5.74) is 6.44. The lowest BCUT2D eigenvalue weighted by Gasteiger charge is -2.09. The molecule has 4 heterocycles. The average molecular weight is 771 g/mol. The van der Waals surface area contributed by atoms with E-state index < -0.39 is 23.5 Å². The molecule has 2 N–H and O–H groups in total. The number of benzene rings is 4. The molecule has 0 spiro atoms. The highest BCUT2D eigenvalue weighted by Gasteiger charge is 2.31. The van der Waals surface area contributed by atoms with Gasteiger partial charge < -0.3 is 10.6 Å². The van der Waals surface area contributed by atoms with Crippen LogP contribution < -0.4 is 10.6 Å². The summed E-state index contributed by atoms with van der Waals surface area (Å²) in [6.45, 7) is 1.03. The predicted molar refractivity (Wildman–Crippen MR) is 199 cm³/mol. The number of alkyl halides is 6. The molecule has 0 fully saturated rings. The van der Waals surface area contributed by atoms with E-state index in [1.54, 1.807) is 58.1 Å². The van der Waals surface area contributed by atoms with E-state index in [9.17, 15) is 35.1 Å². The first kappa shape index (κ1) is 37.6. The Hall–Kier alpha value is -6.70. The minimum Gasteiger partial charge on any atom is -0.381 e. The zero-order valence-corrected chi connectivity index (χ0v) is 29.1. The van der Waals surface area contributed by atoms with Crippen LogP contribution in [0.3, 0.4) is 0 Å². The number of aromatic nitrogens is 4. The fourth-order valence-electron chi connectivity index (χ4n) is 5.92. The Morgan fingerprint density at radius 3 is 1.16 bits per heavy atom. The average Bonchev–Trinajstić information content (AvgIpc) is 3.81. The van der Waals surface area contributed by atoms with Crippen LogP contribution in [0.25, 0.3) is 33.3 Å². The number of rotatable bonds is 8. The molecule has 0 saturated heterocycles. The highest BCUT2D eigenvalue weighted by atomic mass is 19.4. The van der Waals surface area contributed by atoms with Gasteiger partial charge in [0.25, 0.3) is 0 Å². The SMILES string of the molecule is Fc1ccc(CNc2ccn3ncc(-c4ccc(C(F)(F)F)cc4)c3c2)cc1.Fc1ccc(CNc2ccn3ncc(-c4ccc(C(F)(F)F)cc4)c3c2)cc1. The summed E-state index contributed by atoms with van der Waals surface area (Å²) in [5, 5.41) is 15.0. The molecule has 0 radical (unpaired) electrons. The molecule has 56 heavy (non-hydrogen) atoms. The molecule has 0 aliphatic rings. The zero-order valence-electron chi connectivity index (χ0n) is 29.1. The summed E-state index contributed by atoms with van der Waals surface area (Å²) in [6.07, 6.45) is -1.93. The van der Waals surface area contributed by atoms with E-state index in [0.717, 1.165) is 68.9 Å². The van der Waals surface area contributed by atoms with Crippen molar-refractivity contribution < 1.29 is 35.1 Å². The predicted octanol–water partition coefficient (Wildman–Crippen LogP) is 11.5. The van der Waals surface area contributed by atoms with Gasteiger partial charge in [-0.05, 0) is 95.1 Å². The number of nitrogens with one attached hydrogen (secondary N) is 2. The van der Waals surface area contributed by atoms with Crippen molar-refractivity contribution in [1.29, 1.82) is 0 Å². The molecule has 0 saturated carbocycles. The summed E-state index contributed by atoms with van der Waals surface area (Å²) in [6, 6.07) is 29.9. The first-order valence-corrected chi connectivity index (χ1v) is 17.1. The number of anilines is 2. The van der Waals surface area contributed by atoms with Crippen molar-refractivity contribution in [2.45, 2.75) is 25.4 Å². The van der Waals surface area contributed by atoms with Crippen molar-refractivity contribution in [3.05, 3.63) is 180 Å². The number of halogens is 8. The molecule has 0 unspecified atom stereocenters. The van der Waals surface area contributed by atoms with E-state index in [2.05, 4.69) is 20.8 Å². The van der Waals surface area contributed by atoms with E-state index in [1.807, 2.05) is 24.3 Å². The Kier molecular flexibility index (Phi) is 10.5. The lowest BCUT2D eigenvalue weighted by Crippen LogP contribution is -2.04. The van der Waals surface area contributed by atoms with Crippen LogP contribution in [0.1, 0.15) is 22.3 Å². The van der Waals surface area contributed by atoms with Gasteiger partial charge >= 0.3 is 12.4 Å². The molecule has 6 nitrogen and oxygen atoms in total. The molecule has 4 aromatic heterocycles. The van der Waals surface area contributed by atoms with E-state index in [0.29, 0.717) is 24.2 Å². The molecule has 0 amide bonds. The normalized spacial score (nSPS) is 11.7. The van der Waals surface area contributed by atoms with Gasteiger partial charge in [0, 0.05) is 48.0 Å². The molecule has 0 aliphatic heterocycles. The van der Waals surface area contributed by atoms with Crippen LogP contribution in [0.5, 0.6) is 0 Å². The van der Waals surface area contributed by atoms with Crippen LogP contribution in [0.2, 0.25) is 0 Å². The third-order valence-corrected chi connectivity index (χ3v) is 8.91. The summed E-state index contributed by atoms with van der Waals surface area (Å²) < 4.78 is 106. The third kappa shape index (κ3) is 8.81. The van der Waals surface area contributed by atoms with Crippen molar-refractivity contribution in [3.63, 3.8) is 0 Å². The number of hydrogen-bond donors (Lipinski definition) is 2. The molecular formula is C42H30F8N6. The van der Waals surface area contributed by atoms with Gasteiger partial charge in [-0.15, -0.1) is 0 Å². The van der Waals surface area contributed by atoms with Crippen molar-refractivity contribution in [2.24, 2.45) is 0 Å². The highest BCUT2D eigenvalue weighted by Crippen LogP contribution is 2.34. The molecule has 8 rings (SSSR count). The van der Waals surface area contributed by atoms with E-state index in [1.165, 1.54) is 48.5 Å². The monoisotopic (exact) mass is 770 g/mol. The van der Waals surface area contributed by atoms with Gasteiger partial charge in [0.1, 0.15) is 11.6 Å². The maximum atomic E-state index is 13.0. The summed E-state index contributed by atoms with van der Waals surface area (Å²) in [7, 11) is 0. The van der Waals surface area contributed by atoms with Crippen molar-refractivity contribution in [2.75, 3.05) is 10.6 Å². The van der Waals surface area contributed by atoms with E-state index in [4.69, 9.17) is 0 Å². The highest BCUT2D eigenvalue weighted by molar-refractivity contribution is 5.83. The topological polar surface area (TPSA) is 58.7 Å². The van der Waals surface area contributed by atoms with Crippen molar-refractivity contribution in [3.8, 4) is 22.3 Å². The van der Waals surface area contributed by atoms with E-state index in [-0.39, 0.29) is 11.6 Å². The zero-order chi connectivity index (χ0) is 39.5. The van der Waals surface area contributed by atoms with Gasteiger partial charge in [-0.25, -0.2) is 17.8 Å². The first-order chi connectivity index (χ1) is 26.8. The second kappa shape index (κ2) is 15.6. The Morgan fingerprint density at radius 2 is 0.821 bits per heavy atom. The lowest BCUT2D eigenvalue weighted by atomic mass is 10.0. The Labute approximate surface area is 314 Å². The summed E-state index contributed by atoms with van der Waals surface area (Å²) >= 11 is 0. The second-order valence-corrected chi connectivity index (χ2v) is 12.7. The molecule has 0 bridgehead atoms. The number of nitrogens with zero attached hydrogens (tertiary/aromatic N) is 4. The number of hydrogen-bond acceptors (Lipinski definition) is 4. The maximum Gasteiger partial charge on any atom is 0.416 e. The molecule has 8 aromatic rings. The number of fused-ring (bicyclic) bond motifs is 2. The van der Waals surface area contributed by atoms with Gasteiger partial charge in [0.05, 0.1) is 34.6 Å². The second-order valence-electron chi connectivity index (χ2n) is 12.7. The van der Waals surface area contributed by atoms with Gasteiger partial charge in [-0.1, -0.05) is 48.5 Å². The minimum absolute atomic E-state index is 0.286. The quantitative estimate of drug-likeness (QED) is 0.151. The molecule has 284 valence electrons. The molecule has 14 heteroatoms. The van der Waals surface area contributed by atoms with Crippen LogP contribution in [0.4, 0.5) is 46.5 Å². The van der Waals surface area contributed by atoms with Crippen LogP contribution in [0.15, 0.2) is 146 Å². The van der Waals surface area contributed by atoms with Crippen molar-refractivity contribution >= 4 is 22.4 Å². The van der Waals surface area contributed by atoms with Crippen LogP contribution in [0, 0.1) is 11.6 Å². The van der Waals surface area contributed by atoms with Gasteiger partial charge in [-0.3, -0.25) is 0 Å². The minimum atomic E-state index is -4.36. The van der Waals surface area contributed by atoms with Gasteiger partial charge in [-0.2, -0.15) is 36.5 Å². The Balaban J connectivity index is 0.000000172. The maximum absolute atomic E-state index is 13.0. The summed E-state index contributed by atoms with van der Waals surface area (Å²) in [5.74, 6) is -0.573. The van der Waals surface area contributed by atoms with Gasteiger partial charge in [0.2, 0.25) is 0 Å². The fraction of sp³-hybridized carbons (Fsp3) is 0.0952. The van der Waals surface area contributed by atoms with Crippen LogP contribution >= 0.6 is 0 Å². The van der Waals surface area contributed by atoms with Crippen molar-refractivity contribution in [1.82, 2.24) is 19.2 Å². The molecule has 0 atom stereocenters. The third-order valence-electron chi connectivity index (χ3n) is 8.91. The standard InChI is InChI=1S/2C21H15F4N3/c2*22-17-7-1-14(2-8-17)12-26-18-9-10-28-20(11-18)19(13-27-28)15-3-5-16(6-4-15)21(23,24)25/h2*1-11,13,26H,12H2. The van der Waals surface area contributed by atoms with Crippen LogP contribution in [-0.2, 0) is 25.4 Å². The largest absolute Gasteiger partial charge is 0.416 e. The molecule has 4 aromatic carbocycles. The first-order valence-electron chi connectivity index (χ1n) is 17.1. The van der Waals surface area contributed by atoms with Gasteiger partial charge in [0.15, 0.2) is 0 Å². The van der Waals surface area contributed by atoms with E-state index >= 15 is 0 Å². The Bertz CT molecular complexity index is 2380. The molecule has 0 aliphatic carbocycles. The summed E-state index contributed by atoms with van der Waals surface area (Å²) in [4.78, 5) is 0. The lowest BCUT2D eigenvalue weighted by molar-refractivity contribution is -0.138. The fourth-order valence-corrected chi connectivity index (χ4v) is 5.92. The number of pyridine rings is 2. The Morgan fingerprint density at radius 1 is 0.464 bits per heavy atom. The van der Waals surface area contributed by atoms with Crippen LogP contribution in [-0.4, -0.2) is 19.2 Å². The smallest absolute Gasteiger partial charge is 0.381 e.